The third-order valence-corrected chi connectivity index (χ3v) is 8.98. The molecule has 0 radical (unpaired) electrons. The second-order valence-electron chi connectivity index (χ2n) is 11.4. The Kier molecular flexibility index (Phi) is 9.27. The van der Waals surface area contributed by atoms with Crippen LogP contribution in [0.5, 0.6) is 5.75 Å². The first-order chi connectivity index (χ1) is 22.2. The van der Waals surface area contributed by atoms with E-state index in [-0.39, 0.29) is 25.0 Å². The number of rotatable bonds is 8. The molecule has 2 amide bonds. The molecule has 0 aliphatic carbocycles. The van der Waals surface area contributed by atoms with E-state index < -0.39 is 37.1 Å². The fourth-order valence-electron chi connectivity index (χ4n) is 5.99. The number of aromatic nitrogens is 2. The lowest BCUT2D eigenvalue weighted by molar-refractivity contribution is -0.231. The summed E-state index contributed by atoms with van der Waals surface area (Å²) in [6.07, 6.45) is -2.07. The van der Waals surface area contributed by atoms with E-state index in [0.717, 1.165) is 34.1 Å². The van der Waals surface area contributed by atoms with Gasteiger partial charge >= 0.3 is 0 Å². The number of hydrogen-bond donors (Lipinski definition) is 5. The molecule has 2 fully saturated rings. The number of nitrogens with one attached hydrogen (secondary N) is 1. The molecule has 2 aromatic carbocycles. The number of nitrogens with zero attached hydrogens (tertiary/aromatic N) is 3. The number of pyridine rings is 1. The molecule has 4 heterocycles. The van der Waals surface area contributed by atoms with Crippen LogP contribution in [-0.4, -0.2) is 104 Å². The maximum absolute atomic E-state index is 13.2. The predicted octanol–water partition coefficient (Wildman–Crippen LogP) is 2.21. The van der Waals surface area contributed by atoms with E-state index in [1.54, 1.807) is 35.4 Å². The van der Waals surface area contributed by atoms with Crippen molar-refractivity contribution in [2.75, 3.05) is 37.7 Å². The highest BCUT2D eigenvalue weighted by Gasteiger charge is 2.44. The van der Waals surface area contributed by atoms with Crippen molar-refractivity contribution in [3.8, 4) is 16.9 Å². The van der Waals surface area contributed by atoms with Gasteiger partial charge in [-0.1, -0.05) is 42.8 Å². The first kappa shape index (κ1) is 31.9. The van der Waals surface area contributed by atoms with Gasteiger partial charge in [-0.25, -0.2) is 4.98 Å². The lowest BCUT2D eigenvalue weighted by atomic mass is 9.91. The van der Waals surface area contributed by atoms with Gasteiger partial charge in [-0.05, 0) is 47.4 Å². The SMILES string of the molecule is CCc1c[nH]c2ncc(-c3cccc(N4CCN(C(=O)COc5cccc(C6O[C@H](CO)[C@@H](O)[C@H](O)[C@H]6O)c5)CC4=O)c3)c(Cl)c12. The number of aryl methyl sites for hydroxylation is 1. The highest BCUT2D eigenvalue weighted by atomic mass is 35.5. The molecule has 46 heavy (non-hydrogen) atoms. The summed E-state index contributed by atoms with van der Waals surface area (Å²) in [5.41, 5.74) is 4.51. The van der Waals surface area contributed by atoms with Crippen LogP contribution in [0.2, 0.25) is 5.02 Å². The van der Waals surface area contributed by atoms with Crippen LogP contribution in [0.3, 0.4) is 0 Å². The first-order valence-electron chi connectivity index (χ1n) is 15.1. The Morgan fingerprint density at radius 3 is 2.67 bits per heavy atom. The smallest absolute Gasteiger partial charge is 0.261 e. The second kappa shape index (κ2) is 13.4. The van der Waals surface area contributed by atoms with E-state index in [4.69, 9.17) is 21.1 Å². The molecule has 13 heteroatoms. The van der Waals surface area contributed by atoms with Gasteiger partial charge in [0, 0.05) is 42.1 Å². The van der Waals surface area contributed by atoms with Gasteiger partial charge in [0.2, 0.25) is 5.91 Å². The molecular formula is C33H35ClN4O8. The predicted molar refractivity (Wildman–Crippen MR) is 170 cm³/mol. The van der Waals surface area contributed by atoms with Crippen LogP contribution in [-0.2, 0) is 20.7 Å². The molecule has 1 unspecified atom stereocenters. The molecule has 6 rings (SSSR count). The van der Waals surface area contributed by atoms with Crippen molar-refractivity contribution in [2.24, 2.45) is 0 Å². The number of H-pyrrole nitrogens is 1. The number of anilines is 1. The zero-order valence-corrected chi connectivity index (χ0v) is 25.8. The number of aliphatic hydroxyl groups is 4. The fraction of sp³-hybridized carbons (Fsp3) is 0.364. The standard InChI is InChI=1S/C33H35ClN4O8/c1-2-18-13-35-33-27(18)28(34)23(14-36-33)19-5-3-7-21(11-19)38-10-9-37(15-25(38)40)26(41)17-45-22-8-4-6-20(12-22)32-31(44)30(43)29(42)24(16-39)46-32/h3-8,11-14,24,29-32,39,42-44H,2,9-10,15-17H2,1H3,(H,35,36)/t24-,29-,30+,31-,32?/m1/s1. The molecule has 5 atom stereocenters. The minimum atomic E-state index is -1.52. The summed E-state index contributed by atoms with van der Waals surface area (Å²) in [6.45, 7) is 1.67. The van der Waals surface area contributed by atoms with Gasteiger partial charge in [-0.3, -0.25) is 9.59 Å². The minimum absolute atomic E-state index is 0.116. The maximum atomic E-state index is 13.2. The molecule has 12 nitrogen and oxygen atoms in total. The lowest BCUT2D eigenvalue weighted by Crippen LogP contribution is -2.55. The molecule has 0 bridgehead atoms. The van der Waals surface area contributed by atoms with Gasteiger partial charge < -0.3 is 44.7 Å². The van der Waals surface area contributed by atoms with Crippen LogP contribution >= 0.6 is 11.6 Å². The van der Waals surface area contributed by atoms with Gasteiger partial charge in [-0.2, -0.15) is 0 Å². The highest BCUT2D eigenvalue weighted by molar-refractivity contribution is 6.38. The zero-order chi connectivity index (χ0) is 32.5. The largest absolute Gasteiger partial charge is 0.484 e. The Hall–Kier alpha value is -4.04. The lowest BCUT2D eigenvalue weighted by Gasteiger charge is -2.40. The Morgan fingerprint density at radius 2 is 1.91 bits per heavy atom. The van der Waals surface area contributed by atoms with Crippen molar-refractivity contribution < 1.29 is 39.5 Å². The molecular weight excluding hydrogens is 616 g/mol. The number of aliphatic hydroxyl groups excluding tert-OH is 4. The Morgan fingerprint density at radius 1 is 1.11 bits per heavy atom. The average Bonchev–Trinajstić information content (AvgIpc) is 3.51. The molecule has 2 aromatic heterocycles. The van der Waals surface area contributed by atoms with E-state index in [1.165, 1.54) is 4.90 Å². The van der Waals surface area contributed by atoms with Crippen LogP contribution in [0.15, 0.2) is 60.9 Å². The number of carbonyl (C=O) groups excluding carboxylic acids is 2. The molecule has 5 N–H and O–H groups in total. The first-order valence-corrected chi connectivity index (χ1v) is 15.4. The summed E-state index contributed by atoms with van der Waals surface area (Å²) in [6, 6.07) is 14.0. The van der Waals surface area contributed by atoms with Gasteiger partial charge in [0.15, 0.2) is 6.61 Å². The molecule has 2 aliphatic rings. The minimum Gasteiger partial charge on any atom is -0.484 e. The number of benzene rings is 2. The second-order valence-corrected chi connectivity index (χ2v) is 11.8. The number of hydrogen-bond acceptors (Lipinski definition) is 9. The van der Waals surface area contributed by atoms with Gasteiger partial charge in [0.05, 0.1) is 11.6 Å². The number of carbonyl (C=O) groups is 2. The number of halogens is 1. The third-order valence-electron chi connectivity index (χ3n) is 8.58. The number of piperazine rings is 1. The van der Waals surface area contributed by atoms with E-state index in [2.05, 4.69) is 16.9 Å². The Bertz CT molecular complexity index is 1750. The molecule has 2 saturated heterocycles. The van der Waals surface area contributed by atoms with Crippen molar-refractivity contribution in [1.29, 1.82) is 0 Å². The molecule has 0 saturated carbocycles. The third kappa shape index (κ3) is 6.07. The van der Waals surface area contributed by atoms with E-state index in [9.17, 15) is 30.0 Å². The van der Waals surface area contributed by atoms with Crippen LogP contribution in [0.1, 0.15) is 24.2 Å². The zero-order valence-electron chi connectivity index (χ0n) is 25.0. The Labute approximate surface area is 269 Å². The molecule has 2 aliphatic heterocycles. The average molecular weight is 651 g/mol. The van der Waals surface area contributed by atoms with Gasteiger partial charge in [0.1, 0.15) is 48.5 Å². The fourth-order valence-corrected chi connectivity index (χ4v) is 6.36. The topological polar surface area (TPSA) is 169 Å². The summed E-state index contributed by atoms with van der Waals surface area (Å²) < 4.78 is 11.3. The summed E-state index contributed by atoms with van der Waals surface area (Å²) in [4.78, 5) is 37.0. The summed E-state index contributed by atoms with van der Waals surface area (Å²) in [7, 11) is 0. The number of aromatic amines is 1. The molecule has 242 valence electrons. The number of fused-ring (bicyclic) bond motifs is 1. The summed E-state index contributed by atoms with van der Waals surface area (Å²) in [5, 5.41) is 41.6. The van der Waals surface area contributed by atoms with Crippen LogP contribution in [0, 0.1) is 0 Å². The van der Waals surface area contributed by atoms with Crippen molar-refractivity contribution in [3.63, 3.8) is 0 Å². The van der Waals surface area contributed by atoms with E-state index >= 15 is 0 Å². The highest BCUT2D eigenvalue weighted by Crippen LogP contribution is 2.37. The van der Waals surface area contributed by atoms with Crippen molar-refractivity contribution >= 4 is 40.1 Å². The van der Waals surface area contributed by atoms with Gasteiger partial charge in [-0.15, -0.1) is 0 Å². The Balaban J connectivity index is 1.09. The quantitative estimate of drug-likeness (QED) is 0.192. The maximum Gasteiger partial charge on any atom is 0.261 e. The summed E-state index contributed by atoms with van der Waals surface area (Å²) in [5.74, 6) is -0.300. The van der Waals surface area contributed by atoms with Gasteiger partial charge in [0.25, 0.3) is 5.91 Å². The number of amides is 2. The van der Waals surface area contributed by atoms with Crippen LogP contribution in [0.25, 0.3) is 22.2 Å². The molecule has 4 aromatic rings. The normalized spacial score (nSPS) is 23.6. The van der Waals surface area contributed by atoms with Crippen molar-refractivity contribution in [3.05, 3.63) is 77.1 Å². The van der Waals surface area contributed by atoms with Crippen LogP contribution in [0.4, 0.5) is 5.69 Å². The van der Waals surface area contributed by atoms with E-state index in [1.807, 2.05) is 30.5 Å². The van der Waals surface area contributed by atoms with Crippen molar-refractivity contribution in [2.45, 2.75) is 43.9 Å². The van der Waals surface area contributed by atoms with E-state index in [0.29, 0.717) is 35.1 Å². The number of ether oxygens (including phenoxy) is 2. The molecule has 0 spiro atoms. The van der Waals surface area contributed by atoms with Crippen LogP contribution < -0.4 is 9.64 Å². The monoisotopic (exact) mass is 650 g/mol. The van der Waals surface area contributed by atoms with Crippen molar-refractivity contribution in [1.82, 2.24) is 14.9 Å². The summed E-state index contributed by atoms with van der Waals surface area (Å²) >= 11 is 6.83.